The van der Waals surface area contributed by atoms with E-state index in [0.29, 0.717) is 13.0 Å². The van der Waals surface area contributed by atoms with Crippen molar-refractivity contribution in [3.63, 3.8) is 0 Å². The van der Waals surface area contributed by atoms with Gasteiger partial charge in [-0.1, -0.05) is 0 Å². The Hall–Kier alpha value is -0.650. The zero-order valence-corrected chi connectivity index (χ0v) is 6.23. The lowest BCUT2D eigenvalue weighted by molar-refractivity contribution is -0.138. The minimum absolute atomic E-state index is 0.221. The highest BCUT2D eigenvalue weighted by molar-refractivity contribution is 5.67. The number of aliphatic hydroxyl groups excluding tert-OH is 1. The van der Waals surface area contributed by atoms with Crippen LogP contribution in [0.3, 0.4) is 0 Å². The van der Waals surface area contributed by atoms with Crippen molar-refractivity contribution in [3.05, 3.63) is 0 Å². The van der Waals surface area contributed by atoms with E-state index in [1.165, 1.54) is 0 Å². The van der Waals surface area contributed by atoms with E-state index in [9.17, 15) is 4.79 Å². The van der Waals surface area contributed by atoms with Gasteiger partial charge in [0.05, 0.1) is 12.5 Å². The van der Waals surface area contributed by atoms with E-state index in [1.54, 1.807) is 0 Å². The average molecular weight is 162 g/mol. The third-order valence-corrected chi connectivity index (χ3v) is 1.37. The van der Waals surface area contributed by atoms with Crippen LogP contribution >= 0.6 is 0 Å². The molecule has 0 heterocycles. The summed E-state index contributed by atoms with van der Waals surface area (Å²) in [5, 5.41) is 17.4. The Labute approximate surface area is 65.0 Å². The molecule has 0 aromatic carbocycles. The molecule has 6 N–H and O–H groups in total. The fraction of sp³-hybridized carbons (Fsp3) is 0.833. The lowest BCUT2D eigenvalue weighted by Crippen LogP contribution is -2.37. The summed E-state index contributed by atoms with van der Waals surface area (Å²) in [6.45, 7) is 0.314. The van der Waals surface area contributed by atoms with E-state index >= 15 is 0 Å². The summed E-state index contributed by atoms with van der Waals surface area (Å²) in [6.07, 6.45) is -0.689. The molecular formula is C6H14N2O3. The molecule has 0 saturated carbocycles. The van der Waals surface area contributed by atoms with Crippen LogP contribution in [0.25, 0.3) is 0 Å². The number of hydrogen-bond acceptors (Lipinski definition) is 4. The van der Waals surface area contributed by atoms with Gasteiger partial charge in [-0.2, -0.15) is 0 Å². The molecule has 11 heavy (non-hydrogen) atoms. The first kappa shape index (κ1) is 10.3. The fourth-order valence-electron chi connectivity index (χ4n) is 0.723. The Morgan fingerprint density at radius 3 is 2.45 bits per heavy atom. The molecule has 66 valence electrons. The average Bonchev–Trinajstić information content (AvgIpc) is 1.86. The second-order valence-corrected chi connectivity index (χ2v) is 2.41. The van der Waals surface area contributed by atoms with Crippen molar-refractivity contribution in [2.24, 2.45) is 11.5 Å². The van der Waals surface area contributed by atoms with Crippen LogP contribution in [-0.2, 0) is 4.79 Å². The van der Waals surface area contributed by atoms with Crippen molar-refractivity contribution in [2.75, 3.05) is 6.54 Å². The maximum Gasteiger partial charge on any atom is 0.305 e. The molecule has 0 bridgehead atoms. The first-order valence-corrected chi connectivity index (χ1v) is 3.43. The van der Waals surface area contributed by atoms with Gasteiger partial charge in [0.1, 0.15) is 0 Å². The first-order valence-electron chi connectivity index (χ1n) is 3.43. The van der Waals surface area contributed by atoms with Gasteiger partial charge in [-0.25, -0.2) is 0 Å². The van der Waals surface area contributed by atoms with Crippen LogP contribution in [-0.4, -0.2) is 34.9 Å². The highest BCUT2D eigenvalue weighted by Crippen LogP contribution is 1.99. The SMILES string of the molecule is NCC[C@@H](O)[C@H](N)CC(=O)O. The molecule has 0 aliphatic rings. The van der Waals surface area contributed by atoms with Gasteiger partial charge in [-0.3, -0.25) is 4.79 Å². The fourth-order valence-corrected chi connectivity index (χ4v) is 0.723. The van der Waals surface area contributed by atoms with Crippen molar-refractivity contribution < 1.29 is 15.0 Å². The standard InChI is InChI=1S/C6H14N2O3/c7-2-1-5(9)4(8)3-6(10)11/h4-5,9H,1-3,7-8H2,(H,10,11)/t4-,5-/m1/s1. The lowest BCUT2D eigenvalue weighted by Gasteiger charge is -2.15. The maximum atomic E-state index is 10.1. The van der Waals surface area contributed by atoms with Crippen LogP contribution in [0.5, 0.6) is 0 Å². The molecule has 5 heteroatoms. The highest BCUT2D eigenvalue weighted by atomic mass is 16.4. The van der Waals surface area contributed by atoms with Gasteiger partial charge >= 0.3 is 5.97 Å². The van der Waals surface area contributed by atoms with Gasteiger partial charge in [-0.05, 0) is 13.0 Å². The van der Waals surface area contributed by atoms with Crippen LogP contribution in [0.1, 0.15) is 12.8 Å². The molecule has 0 amide bonds. The number of carboxylic acids is 1. The second-order valence-electron chi connectivity index (χ2n) is 2.41. The number of rotatable bonds is 5. The third-order valence-electron chi connectivity index (χ3n) is 1.37. The minimum atomic E-state index is -1.01. The normalized spacial score (nSPS) is 15.9. The Morgan fingerprint density at radius 1 is 1.55 bits per heavy atom. The smallest absolute Gasteiger partial charge is 0.305 e. The van der Waals surface area contributed by atoms with Crippen LogP contribution in [0.15, 0.2) is 0 Å². The van der Waals surface area contributed by atoms with Crippen molar-refractivity contribution in [1.29, 1.82) is 0 Å². The van der Waals surface area contributed by atoms with Crippen molar-refractivity contribution >= 4 is 5.97 Å². The summed E-state index contributed by atoms with van der Waals surface area (Å²) in [6, 6.07) is -0.712. The molecule has 5 nitrogen and oxygen atoms in total. The van der Waals surface area contributed by atoms with Crippen molar-refractivity contribution in [3.8, 4) is 0 Å². The number of hydrogen-bond donors (Lipinski definition) is 4. The van der Waals surface area contributed by atoms with E-state index in [-0.39, 0.29) is 6.42 Å². The zero-order chi connectivity index (χ0) is 8.85. The number of aliphatic hydroxyl groups is 1. The van der Waals surface area contributed by atoms with Gasteiger partial charge < -0.3 is 21.7 Å². The molecule has 0 fully saturated rings. The molecular weight excluding hydrogens is 148 g/mol. The number of nitrogens with two attached hydrogens (primary N) is 2. The Morgan fingerprint density at radius 2 is 2.09 bits per heavy atom. The second kappa shape index (κ2) is 5.06. The Kier molecular flexibility index (Phi) is 4.76. The molecule has 0 spiro atoms. The van der Waals surface area contributed by atoms with Crippen molar-refractivity contribution in [1.82, 2.24) is 0 Å². The first-order chi connectivity index (χ1) is 5.07. The summed E-state index contributed by atoms with van der Waals surface area (Å²) < 4.78 is 0. The highest BCUT2D eigenvalue weighted by Gasteiger charge is 2.16. The summed E-state index contributed by atoms with van der Waals surface area (Å²) in [4.78, 5) is 10.1. The van der Waals surface area contributed by atoms with Crippen molar-refractivity contribution in [2.45, 2.75) is 25.0 Å². The zero-order valence-electron chi connectivity index (χ0n) is 6.23. The molecule has 0 aromatic rings. The summed E-state index contributed by atoms with van der Waals surface area (Å²) in [5.41, 5.74) is 10.5. The number of aliphatic carboxylic acids is 1. The summed E-state index contributed by atoms with van der Waals surface area (Å²) in [5.74, 6) is -1.01. The Balaban J connectivity index is 3.63. The molecule has 0 aliphatic heterocycles. The van der Waals surface area contributed by atoms with E-state index in [4.69, 9.17) is 21.7 Å². The predicted octanol–water partition coefficient (Wildman–Crippen LogP) is -1.50. The molecule has 2 atom stereocenters. The van der Waals surface area contributed by atoms with E-state index < -0.39 is 18.1 Å². The van der Waals surface area contributed by atoms with Crippen LogP contribution in [0.4, 0.5) is 0 Å². The predicted molar refractivity (Wildman–Crippen MR) is 39.9 cm³/mol. The molecule has 0 radical (unpaired) electrons. The van der Waals surface area contributed by atoms with E-state index in [2.05, 4.69) is 0 Å². The molecule has 0 unspecified atom stereocenters. The number of carboxylic acid groups (broad SMARTS) is 1. The van der Waals surface area contributed by atoms with Crippen LogP contribution in [0.2, 0.25) is 0 Å². The number of carbonyl (C=O) groups is 1. The van der Waals surface area contributed by atoms with Gasteiger partial charge in [-0.15, -0.1) is 0 Å². The molecule has 0 rings (SSSR count). The van der Waals surface area contributed by atoms with Gasteiger partial charge in [0.2, 0.25) is 0 Å². The summed E-state index contributed by atoms with van der Waals surface area (Å²) in [7, 11) is 0. The van der Waals surface area contributed by atoms with Gasteiger partial charge in [0.25, 0.3) is 0 Å². The van der Waals surface area contributed by atoms with Gasteiger partial charge in [0.15, 0.2) is 0 Å². The maximum absolute atomic E-state index is 10.1. The quantitative estimate of drug-likeness (QED) is 0.393. The van der Waals surface area contributed by atoms with Gasteiger partial charge in [0, 0.05) is 6.04 Å². The molecule has 0 saturated heterocycles. The van der Waals surface area contributed by atoms with E-state index in [0.717, 1.165) is 0 Å². The monoisotopic (exact) mass is 162 g/mol. The van der Waals surface area contributed by atoms with Crippen LogP contribution in [0, 0.1) is 0 Å². The molecule has 0 aliphatic carbocycles. The summed E-state index contributed by atoms with van der Waals surface area (Å²) >= 11 is 0. The largest absolute Gasteiger partial charge is 0.481 e. The third kappa shape index (κ3) is 4.72. The lowest BCUT2D eigenvalue weighted by atomic mass is 10.1. The Bertz CT molecular complexity index is 129. The minimum Gasteiger partial charge on any atom is -0.481 e. The topological polar surface area (TPSA) is 110 Å². The molecule has 0 aromatic heterocycles. The van der Waals surface area contributed by atoms with Crippen LogP contribution < -0.4 is 11.5 Å². The van der Waals surface area contributed by atoms with E-state index in [1.807, 2.05) is 0 Å².